The minimum absolute atomic E-state index is 0.695. The van der Waals surface area contributed by atoms with Gasteiger partial charge < -0.3 is 4.90 Å². The van der Waals surface area contributed by atoms with Crippen LogP contribution in [0.2, 0.25) is 0 Å². The van der Waals surface area contributed by atoms with Gasteiger partial charge in [-0.05, 0) is 37.4 Å². The molecule has 0 aliphatic carbocycles. The van der Waals surface area contributed by atoms with Gasteiger partial charge in [-0.3, -0.25) is 9.74 Å². The van der Waals surface area contributed by atoms with Gasteiger partial charge in [-0.2, -0.15) is 5.06 Å². The Hall–Kier alpha value is -0.940. The van der Waals surface area contributed by atoms with Gasteiger partial charge in [0.05, 0.1) is 6.61 Å². The van der Waals surface area contributed by atoms with Crippen LogP contribution in [0.25, 0.3) is 0 Å². The van der Waals surface area contributed by atoms with Crippen LogP contribution in [0.5, 0.6) is 0 Å². The molecule has 1 aromatic carbocycles. The van der Waals surface area contributed by atoms with Gasteiger partial charge in [-0.25, -0.2) is 0 Å². The first kappa shape index (κ1) is 14.6. The lowest BCUT2D eigenvalue weighted by atomic mass is 9.83. The summed E-state index contributed by atoms with van der Waals surface area (Å²) < 4.78 is 0. The largest absolute Gasteiger partial charge is 0.302 e. The number of nitrogens with zero attached hydrogens (tertiary/aromatic N) is 3. The molecule has 2 bridgehead atoms. The second-order valence-electron chi connectivity index (χ2n) is 6.93. The molecule has 4 aliphatic heterocycles. The number of benzene rings is 1. The average molecular weight is 301 g/mol. The molecule has 4 heterocycles. The van der Waals surface area contributed by atoms with E-state index in [1.54, 1.807) is 0 Å². The Morgan fingerprint density at radius 1 is 0.909 bits per heavy atom. The number of piperidine rings is 3. The molecule has 4 nitrogen and oxygen atoms in total. The molecule has 120 valence electrons. The van der Waals surface area contributed by atoms with Crippen LogP contribution >= 0.6 is 0 Å². The molecule has 22 heavy (non-hydrogen) atoms. The normalized spacial score (nSPS) is 33.2. The van der Waals surface area contributed by atoms with Crippen LogP contribution in [0.4, 0.5) is 0 Å². The van der Waals surface area contributed by atoms with E-state index in [2.05, 4.69) is 45.2 Å². The van der Waals surface area contributed by atoms with E-state index in [0.717, 1.165) is 38.1 Å². The lowest BCUT2D eigenvalue weighted by Crippen LogP contribution is -2.60. The fraction of sp³-hybridized carbons (Fsp3) is 0.667. The van der Waals surface area contributed by atoms with E-state index < -0.39 is 0 Å². The summed E-state index contributed by atoms with van der Waals surface area (Å²) in [5, 5.41) is 2.16. The Morgan fingerprint density at radius 2 is 1.64 bits per heavy atom. The van der Waals surface area contributed by atoms with Crippen LogP contribution in [0.15, 0.2) is 30.3 Å². The lowest BCUT2D eigenvalue weighted by molar-refractivity contribution is -0.192. The zero-order valence-corrected chi connectivity index (χ0v) is 13.4. The second kappa shape index (κ2) is 6.67. The van der Waals surface area contributed by atoms with Gasteiger partial charge in [0.1, 0.15) is 0 Å². The quantitative estimate of drug-likeness (QED) is 0.844. The van der Waals surface area contributed by atoms with Crippen molar-refractivity contribution in [2.45, 2.75) is 25.5 Å². The minimum atomic E-state index is 0.695. The Morgan fingerprint density at radius 3 is 2.27 bits per heavy atom. The maximum absolute atomic E-state index is 5.96. The molecular weight excluding hydrogens is 274 g/mol. The Kier molecular flexibility index (Phi) is 4.44. The second-order valence-corrected chi connectivity index (χ2v) is 6.93. The number of hydrogen-bond donors (Lipinski definition) is 0. The third kappa shape index (κ3) is 3.20. The summed E-state index contributed by atoms with van der Waals surface area (Å²) in [4.78, 5) is 11.3. The molecule has 4 aliphatic rings. The molecule has 0 spiro atoms. The van der Waals surface area contributed by atoms with Crippen molar-refractivity contribution in [1.82, 2.24) is 14.9 Å². The highest BCUT2D eigenvalue weighted by atomic mass is 16.7. The minimum Gasteiger partial charge on any atom is -0.302 e. The van der Waals surface area contributed by atoms with E-state index >= 15 is 0 Å². The van der Waals surface area contributed by atoms with E-state index in [1.807, 2.05) is 0 Å². The summed E-state index contributed by atoms with van der Waals surface area (Å²) in [5.74, 6) is 0.946. The maximum atomic E-state index is 5.96. The summed E-state index contributed by atoms with van der Waals surface area (Å²) in [7, 11) is 0. The van der Waals surface area contributed by atoms with Crippen molar-refractivity contribution in [1.29, 1.82) is 0 Å². The predicted molar refractivity (Wildman–Crippen MR) is 87.3 cm³/mol. The zero-order valence-electron chi connectivity index (χ0n) is 13.4. The van der Waals surface area contributed by atoms with E-state index in [0.29, 0.717) is 6.61 Å². The van der Waals surface area contributed by atoms with Gasteiger partial charge in [0, 0.05) is 38.8 Å². The van der Waals surface area contributed by atoms with Gasteiger partial charge in [0.2, 0.25) is 0 Å². The summed E-state index contributed by atoms with van der Waals surface area (Å²) in [6, 6.07) is 11.3. The summed E-state index contributed by atoms with van der Waals surface area (Å²) >= 11 is 0. The van der Waals surface area contributed by atoms with Gasteiger partial charge in [-0.1, -0.05) is 30.3 Å². The molecule has 0 aromatic heterocycles. The molecule has 0 radical (unpaired) electrons. The zero-order chi connectivity index (χ0) is 14.8. The summed E-state index contributed by atoms with van der Waals surface area (Å²) in [6.07, 6.45) is 2.82. The van der Waals surface area contributed by atoms with Crippen LogP contribution in [0, 0.1) is 5.92 Å². The highest BCUT2D eigenvalue weighted by Crippen LogP contribution is 2.31. The van der Waals surface area contributed by atoms with Crippen molar-refractivity contribution >= 4 is 0 Å². The molecular formula is C18H27N3O. The van der Waals surface area contributed by atoms with Crippen molar-refractivity contribution in [3.63, 3.8) is 0 Å². The van der Waals surface area contributed by atoms with E-state index in [9.17, 15) is 0 Å². The number of fused-ring (bicyclic) bond motifs is 3. The van der Waals surface area contributed by atoms with Crippen LogP contribution in [0.3, 0.4) is 0 Å². The molecule has 1 aromatic rings. The molecule has 4 saturated heterocycles. The Labute approximate surface area is 133 Å². The smallest absolute Gasteiger partial charge is 0.0935 e. The molecule has 5 rings (SSSR count). The van der Waals surface area contributed by atoms with Crippen molar-refractivity contribution in [2.75, 3.05) is 45.8 Å². The lowest BCUT2D eigenvalue weighted by Gasteiger charge is -2.50. The number of hydrogen-bond acceptors (Lipinski definition) is 4. The topological polar surface area (TPSA) is 19.0 Å². The van der Waals surface area contributed by atoms with Gasteiger partial charge >= 0.3 is 0 Å². The average Bonchev–Trinajstić information content (AvgIpc) is 2.62. The van der Waals surface area contributed by atoms with Crippen LogP contribution in [-0.4, -0.2) is 66.7 Å². The highest BCUT2D eigenvalue weighted by molar-refractivity contribution is 5.13. The monoisotopic (exact) mass is 301 g/mol. The fourth-order valence-electron chi connectivity index (χ4n) is 4.25. The van der Waals surface area contributed by atoms with Gasteiger partial charge in [0.15, 0.2) is 0 Å². The number of hydroxylamine groups is 2. The first-order valence-electron chi connectivity index (χ1n) is 8.77. The summed E-state index contributed by atoms with van der Waals surface area (Å²) in [6.45, 7) is 9.05. The van der Waals surface area contributed by atoms with Gasteiger partial charge in [-0.15, -0.1) is 0 Å². The fourth-order valence-corrected chi connectivity index (χ4v) is 4.25. The van der Waals surface area contributed by atoms with Crippen molar-refractivity contribution in [3.05, 3.63) is 35.9 Å². The standard InChI is InChI=1S/C18H27N3O/c1-2-4-16(5-3-1)15-22-21-12-10-20(11-13-21)18-14-19-8-6-17(18)7-9-19/h1-5,17-18H,6-15H2. The number of piperazine rings is 1. The molecule has 0 amide bonds. The molecule has 4 fully saturated rings. The van der Waals surface area contributed by atoms with E-state index in [4.69, 9.17) is 4.84 Å². The van der Waals surface area contributed by atoms with Crippen LogP contribution in [0.1, 0.15) is 18.4 Å². The third-order valence-corrected chi connectivity index (χ3v) is 5.62. The van der Waals surface area contributed by atoms with Crippen molar-refractivity contribution < 1.29 is 4.84 Å². The summed E-state index contributed by atoms with van der Waals surface area (Å²) in [5.41, 5.74) is 1.25. The molecule has 1 unspecified atom stereocenters. The first-order chi connectivity index (χ1) is 10.9. The highest BCUT2D eigenvalue weighted by Gasteiger charge is 2.38. The molecule has 0 saturated carbocycles. The first-order valence-corrected chi connectivity index (χ1v) is 8.77. The van der Waals surface area contributed by atoms with E-state index in [-0.39, 0.29) is 0 Å². The maximum Gasteiger partial charge on any atom is 0.0935 e. The molecule has 1 atom stereocenters. The van der Waals surface area contributed by atoms with Crippen molar-refractivity contribution in [2.24, 2.45) is 5.92 Å². The van der Waals surface area contributed by atoms with Gasteiger partial charge in [0.25, 0.3) is 0 Å². The molecule has 0 N–H and O–H groups in total. The van der Waals surface area contributed by atoms with Crippen molar-refractivity contribution in [3.8, 4) is 0 Å². The Bertz CT molecular complexity index is 464. The van der Waals surface area contributed by atoms with E-state index in [1.165, 1.54) is 38.0 Å². The van der Waals surface area contributed by atoms with Crippen LogP contribution < -0.4 is 0 Å². The molecule has 4 heteroatoms. The third-order valence-electron chi connectivity index (χ3n) is 5.62. The van der Waals surface area contributed by atoms with Crippen LogP contribution in [-0.2, 0) is 11.4 Å². The predicted octanol–water partition coefficient (Wildman–Crippen LogP) is 1.83. The number of rotatable bonds is 4. The SMILES string of the molecule is c1ccc(CON2CCN(C3CN4CCC3CC4)CC2)cc1. The Balaban J connectivity index is 1.24.